The number of rotatable bonds is 11. The summed E-state index contributed by atoms with van der Waals surface area (Å²) < 4.78 is 116. The van der Waals surface area contributed by atoms with Crippen LogP contribution in [0.2, 0.25) is 0 Å². The van der Waals surface area contributed by atoms with Gasteiger partial charge in [0.1, 0.15) is 5.82 Å². The zero-order valence-electron chi connectivity index (χ0n) is 20.5. The molecule has 10 heteroatoms. The van der Waals surface area contributed by atoms with Crippen LogP contribution in [0.5, 0.6) is 5.75 Å². The minimum absolute atomic E-state index is 0.106. The molecule has 0 spiro atoms. The van der Waals surface area contributed by atoms with Crippen molar-refractivity contribution < 1.29 is 44.6 Å². The number of hydrogen-bond donors (Lipinski definition) is 0. The number of unbranched alkanes of at least 4 members (excludes halogenated alkanes) is 2. The van der Waals surface area contributed by atoms with Gasteiger partial charge in [-0.15, -0.1) is 13.2 Å². The van der Waals surface area contributed by atoms with Crippen LogP contribution in [0.1, 0.15) is 80.9 Å². The SMILES string of the molecule is CCCCCC1CCC(c2ccc(C(F)(F)OCCc3cc(F)c(OC(F)(F)F)c(F)c3)c(F)c2)CC1. The van der Waals surface area contributed by atoms with Crippen LogP contribution in [-0.4, -0.2) is 13.0 Å². The highest BCUT2D eigenvalue weighted by Gasteiger charge is 2.37. The molecule has 0 atom stereocenters. The van der Waals surface area contributed by atoms with Crippen molar-refractivity contribution in [2.24, 2.45) is 5.92 Å². The average Bonchev–Trinajstić information content (AvgIpc) is 2.81. The van der Waals surface area contributed by atoms with Crippen LogP contribution < -0.4 is 4.74 Å². The van der Waals surface area contributed by atoms with Crippen LogP contribution >= 0.6 is 0 Å². The van der Waals surface area contributed by atoms with Crippen LogP contribution in [0.3, 0.4) is 0 Å². The summed E-state index contributed by atoms with van der Waals surface area (Å²) in [5, 5.41) is 0. The molecule has 2 aromatic rings. The number of benzene rings is 2. The van der Waals surface area contributed by atoms with Gasteiger partial charge in [0, 0.05) is 0 Å². The Bertz CT molecular complexity index is 1010. The third-order valence-electron chi connectivity index (χ3n) is 6.79. The molecule has 37 heavy (non-hydrogen) atoms. The summed E-state index contributed by atoms with van der Waals surface area (Å²) >= 11 is 0. The van der Waals surface area contributed by atoms with Crippen LogP contribution in [0.15, 0.2) is 30.3 Å². The Morgan fingerprint density at radius 2 is 1.49 bits per heavy atom. The molecule has 1 fully saturated rings. The van der Waals surface area contributed by atoms with Gasteiger partial charge in [0.15, 0.2) is 11.6 Å². The summed E-state index contributed by atoms with van der Waals surface area (Å²) in [6, 6.07) is 4.63. The van der Waals surface area contributed by atoms with E-state index < -0.39 is 54.3 Å². The Hall–Kier alpha value is -2.36. The molecule has 2 nitrogen and oxygen atoms in total. The van der Waals surface area contributed by atoms with Gasteiger partial charge in [-0.25, -0.2) is 13.2 Å². The minimum Gasteiger partial charge on any atom is -0.399 e. The van der Waals surface area contributed by atoms with E-state index >= 15 is 0 Å². The van der Waals surface area contributed by atoms with Crippen molar-refractivity contribution in [3.05, 3.63) is 64.5 Å². The maximum absolute atomic E-state index is 14.7. The fraction of sp³-hybridized carbons (Fsp3) is 0.556. The molecule has 1 saturated carbocycles. The minimum atomic E-state index is -5.30. The normalized spacial score (nSPS) is 18.7. The van der Waals surface area contributed by atoms with Gasteiger partial charge in [0.25, 0.3) is 0 Å². The quantitative estimate of drug-likeness (QED) is 0.210. The van der Waals surface area contributed by atoms with E-state index in [0.717, 1.165) is 37.8 Å². The highest BCUT2D eigenvalue weighted by atomic mass is 19.4. The zero-order chi connectivity index (χ0) is 27.2. The van der Waals surface area contributed by atoms with Crippen molar-refractivity contribution in [2.45, 2.75) is 83.1 Å². The molecule has 1 aliphatic rings. The van der Waals surface area contributed by atoms with E-state index in [2.05, 4.69) is 16.4 Å². The maximum atomic E-state index is 14.7. The lowest BCUT2D eigenvalue weighted by Gasteiger charge is -2.29. The van der Waals surface area contributed by atoms with E-state index in [1.54, 1.807) is 0 Å². The molecule has 3 rings (SSSR count). The Labute approximate surface area is 211 Å². The van der Waals surface area contributed by atoms with Crippen LogP contribution in [0.25, 0.3) is 0 Å². The molecule has 0 saturated heterocycles. The molecule has 0 heterocycles. The third-order valence-corrected chi connectivity index (χ3v) is 6.79. The predicted octanol–water partition coefficient (Wildman–Crippen LogP) is 9.17. The summed E-state index contributed by atoms with van der Waals surface area (Å²) in [7, 11) is 0. The first-order chi connectivity index (χ1) is 17.4. The van der Waals surface area contributed by atoms with Gasteiger partial charge in [-0.1, -0.05) is 38.7 Å². The fourth-order valence-electron chi connectivity index (χ4n) is 4.83. The number of ether oxygens (including phenoxy) is 2. The highest BCUT2D eigenvalue weighted by molar-refractivity contribution is 5.32. The van der Waals surface area contributed by atoms with Crippen LogP contribution in [0.4, 0.5) is 35.1 Å². The smallest absolute Gasteiger partial charge is 0.399 e. The molecule has 206 valence electrons. The van der Waals surface area contributed by atoms with E-state index in [4.69, 9.17) is 0 Å². The third kappa shape index (κ3) is 8.32. The van der Waals surface area contributed by atoms with Gasteiger partial charge >= 0.3 is 12.5 Å². The van der Waals surface area contributed by atoms with Gasteiger partial charge in [-0.2, -0.15) is 8.78 Å². The molecule has 0 radical (unpaired) electrons. The topological polar surface area (TPSA) is 18.5 Å². The first kappa shape index (κ1) is 29.2. The Kier molecular flexibility index (Phi) is 9.83. The molecule has 0 aliphatic heterocycles. The molecule has 0 aromatic heterocycles. The largest absolute Gasteiger partial charge is 0.573 e. The van der Waals surface area contributed by atoms with Gasteiger partial charge in [-0.05, 0) is 79.3 Å². The Morgan fingerprint density at radius 1 is 0.838 bits per heavy atom. The molecule has 2 aromatic carbocycles. The summed E-state index contributed by atoms with van der Waals surface area (Å²) in [4.78, 5) is 0. The van der Waals surface area contributed by atoms with Gasteiger partial charge in [0.05, 0.1) is 12.2 Å². The first-order valence-electron chi connectivity index (χ1n) is 12.4. The molecule has 1 aliphatic carbocycles. The van der Waals surface area contributed by atoms with E-state index in [1.165, 1.54) is 31.7 Å². The second-order valence-corrected chi connectivity index (χ2v) is 9.50. The predicted molar refractivity (Wildman–Crippen MR) is 122 cm³/mol. The Balaban J connectivity index is 1.56. The Morgan fingerprint density at radius 3 is 2.05 bits per heavy atom. The number of halogens is 8. The molecular weight excluding hydrogens is 508 g/mol. The lowest BCUT2D eigenvalue weighted by Crippen LogP contribution is -2.22. The highest BCUT2D eigenvalue weighted by Crippen LogP contribution is 2.40. The summed E-state index contributed by atoms with van der Waals surface area (Å²) in [6.07, 6.45) is -1.21. The van der Waals surface area contributed by atoms with E-state index in [0.29, 0.717) is 23.6 Å². The van der Waals surface area contributed by atoms with E-state index in [1.807, 2.05) is 0 Å². The number of hydrogen-bond acceptors (Lipinski definition) is 2. The van der Waals surface area contributed by atoms with Crippen molar-refractivity contribution in [3.8, 4) is 5.75 Å². The lowest BCUT2D eigenvalue weighted by atomic mass is 9.77. The summed E-state index contributed by atoms with van der Waals surface area (Å²) in [5.74, 6) is -5.28. The van der Waals surface area contributed by atoms with E-state index in [9.17, 15) is 35.1 Å². The molecule has 0 amide bonds. The monoisotopic (exact) mass is 538 g/mol. The second kappa shape index (κ2) is 12.5. The van der Waals surface area contributed by atoms with Crippen molar-refractivity contribution in [3.63, 3.8) is 0 Å². The van der Waals surface area contributed by atoms with Gasteiger partial charge < -0.3 is 9.47 Å². The maximum Gasteiger partial charge on any atom is 0.573 e. The van der Waals surface area contributed by atoms with Crippen LogP contribution in [-0.2, 0) is 17.3 Å². The molecule has 0 bridgehead atoms. The number of alkyl halides is 5. The average molecular weight is 539 g/mol. The molecular formula is C27H30F8O2. The zero-order valence-corrected chi connectivity index (χ0v) is 20.5. The van der Waals surface area contributed by atoms with Gasteiger partial charge in [0.2, 0.25) is 5.75 Å². The lowest BCUT2D eigenvalue weighted by molar-refractivity contribution is -0.276. The van der Waals surface area contributed by atoms with Crippen molar-refractivity contribution >= 4 is 0 Å². The summed E-state index contributed by atoms with van der Waals surface area (Å²) in [6.45, 7) is 1.39. The standard InChI is InChI=1S/C27H30F8O2/c1-2-3-4-5-17-6-8-19(9-7-17)20-10-11-21(22(28)16-20)26(31,32)36-13-12-18-14-23(29)25(24(30)15-18)37-27(33,34)35/h10-11,14-17,19H,2-9,12-13H2,1H3. The van der Waals surface area contributed by atoms with Crippen LogP contribution in [0, 0.1) is 23.4 Å². The van der Waals surface area contributed by atoms with Gasteiger partial charge in [-0.3, -0.25) is 0 Å². The van der Waals surface area contributed by atoms with Crippen molar-refractivity contribution in [1.82, 2.24) is 0 Å². The first-order valence-corrected chi connectivity index (χ1v) is 12.4. The molecule has 0 N–H and O–H groups in total. The van der Waals surface area contributed by atoms with Crippen molar-refractivity contribution in [1.29, 1.82) is 0 Å². The fourth-order valence-corrected chi connectivity index (χ4v) is 4.83. The summed E-state index contributed by atoms with van der Waals surface area (Å²) in [5.41, 5.74) is -0.534. The molecule has 0 unspecified atom stereocenters. The second-order valence-electron chi connectivity index (χ2n) is 9.50. The van der Waals surface area contributed by atoms with E-state index in [-0.39, 0.29) is 11.5 Å². The van der Waals surface area contributed by atoms with Crippen molar-refractivity contribution in [2.75, 3.05) is 6.61 Å².